The molecule has 2 N–H and O–H groups in total. The van der Waals surface area contributed by atoms with Crippen LogP contribution in [0, 0.1) is 6.92 Å². The van der Waals surface area contributed by atoms with Crippen molar-refractivity contribution in [1.29, 1.82) is 0 Å². The van der Waals surface area contributed by atoms with Crippen LogP contribution in [0.2, 0.25) is 0 Å². The van der Waals surface area contributed by atoms with Crippen LogP contribution in [0.25, 0.3) is 0 Å². The molecule has 154 valence electrons. The standard InChI is InChI=1S/C25H26N2O3/c1-17(2)22-14-7-9-18(3)24(22)27-23(28)16-30-21-13-8-12-20(15-21)26-25(29)19-10-5-4-6-11-19/h4-15,17H,16H2,1-3H3,(H,26,29)(H,27,28). The largest absolute Gasteiger partial charge is 0.484 e. The highest BCUT2D eigenvalue weighted by atomic mass is 16.5. The van der Waals surface area contributed by atoms with Crippen LogP contribution in [0.5, 0.6) is 5.75 Å². The quantitative estimate of drug-likeness (QED) is 0.557. The second-order valence-electron chi connectivity index (χ2n) is 7.38. The number of rotatable bonds is 7. The number of ether oxygens (including phenoxy) is 1. The third kappa shape index (κ3) is 5.47. The fraction of sp³-hybridized carbons (Fsp3) is 0.200. The van der Waals surface area contributed by atoms with E-state index in [1.54, 1.807) is 36.4 Å². The van der Waals surface area contributed by atoms with Gasteiger partial charge in [-0.2, -0.15) is 0 Å². The molecule has 0 saturated heterocycles. The predicted octanol–water partition coefficient (Wildman–Crippen LogP) is 5.39. The maximum Gasteiger partial charge on any atom is 0.262 e. The second kappa shape index (κ2) is 9.74. The molecule has 30 heavy (non-hydrogen) atoms. The fourth-order valence-corrected chi connectivity index (χ4v) is 3.12. The van der Waals surface area contributed by atoms with Gasteiger partial charge < -0.3 is 15.4 Å². The summed E-state index contributed by atoms with van der Waals surface area (Å²) >= 11 is 0. The molecule has 0 atom stereocenters. The molecular weight excluding hydrogens is 376 g/mol. The number of hydrogen-bond acceptors (Lipinski definition) is 3. The average Bonchev–Trinajstić information content (AvgIpc) is 2.74. The topological polar surface area (TPSA) is 67.4 Å². The van der Waals surface area contributed by atoms with Crippen molar-refractivity contribution in [2.75, 3.05) is 17.2 Å². The normalized spacial score (nSPS) is 10.5. The Kier molecular flexibility index (Phi) is 6.86. The van der Waals surface area contributed by atoms with Crippen LogP contribution in [0.3, 0.4) is 0 Å². The monoisotopic (exact) mass is 402 g/mol. The van der Waals surface area contributed by atoms with Gasteiger partial charge >= 0.3 is 0 Å². The fourth-order valence-electron chi connectivity index (χ4n) is 3.12. The summed E-state index contributed by atoms with van der Waals surface area (Å²) < 4.78 is 5.64. The molecule has 5 heteroatoms. The third-order valence-corrected chi connectivity index (χ3v) is 4.69. The van der Waals surface area contributed by atoms with Gasteiger partial charge in [-0.15, -0.1) is 0 Å². The Morgan fingerprint density at radius 2 is 1.63 bits per heavy atom. The number of nitrogens with one attached hydrogen (secondary N) is 2. The SMILES string of the molecule is Cc1cccc(C(C)C)c1NC(=O)COc1cccc(NC(=O)c2ccccc2)c1. The van der Waals surface area contributed by atoms with Crippen molar-refractivity contribution in [3.8, 4) is 5.75 Å². The second-order valence-corrected chi connectivity index (χ2v) is 7.38. The van der Waals surface area contributed by atoms with Crippen LogP contribution in [-0.2, 0) is 4.79 Å². The predicted molar refractivity (Wildman–Crippen MR) is 120 cm³/mol. The molecule has 0 spiro atoms. The molecule has 0 aromatic heterocycles. The first-order chi connectivity index (χ1) is 14.4. The third-order valence-electron chi connectivity index (χ3n) is 4.69. The molecule has 0 aliphatic carbocycles. The number of amides is 2. The van der Waals surface area contributed by atoms with Gasteiger partial charge in [-0.25, -0.2) is 0 Å². The molecule has 0 aliphatic heterocycles. The number of aryl methyl sites for hydroxylation is 1. The summed E-state index contributed by atoms with van der Waals surface area (Å²) in [7, 11) is 0. The lowest BCUT2D eigenvalue weighted by Gasteiger charge is -2.16. The van der Waals surface area contributed by atoms with Gasteiger partial charge in [0.2, 0.25) is 0 Å². The van der Waals surface area contributed by atoms with Gasteiger partial charge in [0.25, 0.3) is 11.8 Å². The molecule has 5 nitrogen and oxygen atoms in total. The van der Waals surface area contributed by atoms with E-state index < -0.39 is 0 Å². The molecule has 0 radical (unpaired) electrons. The Balaban J connectivity index is 1.61. The van der Waals surface area contributed by atoms with E-state index in [4.69, 9.17) is 4.74 Å². The minimum absolute atomic E-state index is 0.123. The lowest BCUT2D eigenvalue weighted by atomic mass is 9.98. The van der Waals surface area contributed by atoms with Crippen molar-refractivity contribution in [3.05, 3.63) is 89.5 Å². The summed E-state index contributed by atoms with van der Waals surface area (Å²) in [4.78, 5) is 24.8. The smallest absolute Gasteiger partial charge is 0.262 e. The minimum Gasteiger partial charge on any atom is -0.484 e. The zero-order valence-corrected chi connectivity index (χ0v) is 17.4. The van der Waals surface area contributed by atoms with E-state index in [2.05, 4.69) is 24.5 Å². The van der Waals surface area contributed by atoms with Gasteiger partial charge in [0.1, 0.15) is 5.75 Å². The number of hydrogen-bond donors (Lipinski definition) is 2. The van der Waals surface area contributed by atoms with Gasteiger partial charge in [0.15, 0.2) is 6.61 Å². The molecular formula is C25H26N2O3. The Morgan fingerprint density at radius 3 is 2.37 bits per heavy atom. The van der Waals surface area contributed by atoms with Crippen molar-refractivity contribution in [1.82, 2.24) is 0 Å². The van der Waals surface area contributed by atoms with Gasteiger partial charge in [-0.05, 0) is 48.2 Å². The highest BCUT2D eigenvalue weighted by Gasteiger charge is 2.13. The lowest BCUT2D eigenvalue weighted by molar-refractivity contribution is -0.118. The number of carbonyl (C=O) groups is 2. The van der Waals surface area contributed by atoms with E-state index in [0.717, 1.165) is 16.8 Å². The van der Waals surface area contributed by atoms with E-state index in [9.17, 15) is 9.59 Å². The summed E-state index contributed by atoms with van der Waals surface area (Å²) in [5.74, 6) is 0.368. The molecule has 3 aromatic rings. The minimum atomic E-state index is -0.232. The number of benzene rings is 3. The summed E-state index contributed by atoms with van der Waals surface area (Å²) in [5.41, 5.74) is 4.12. The van der Waals surface area contributed by atoms with Gasteiger partial charge in [0, 0.05) is 23.0 Å². The first kappa shape index (κ1) is 21.1. The summed E-state index contributed by atoms with van der Waals surface area (Å²) in [5, 5.41) is 5.80. The van der Waals surface area contributed by atoms with E-state index in [1.165, 1.54) is 0 Å². The van der Waals surface area contributed by atoms with E-state index >= 15 is 0 Å². The zero-order valence-electron chi connectivity index (χ0n) is 17.4. The first-order valence-electron chi connectivity index (χ1n) is 9.92. The maximum atomic E-state index is 12.5. The molecule has 0 bridgehead atoms. The lowest BCUT2D eigenvalue weighted by Crippen LogP contribution is -2.21. The van der Waals surface area contributed by atoms with Gasteiger partial charge in [0.05, 0.1) is 0 Å². The van der Waals surface area contributed by atoms with Crippen LogP contribution in [0.15, 0.2) is 72.8 Å². The van der Waals surface area contributed by atoms with Crippen LogP contribution in [-0.4, -0.2) is 18.4 Å². The van der Waals surface area contributed by atoms with Crippen molar-refractivity contribution in [2.24, 2.45) is 0 Å². The molecule has 0 heterocycles. The van der Waals surface area contributed by atoms with E-state index in [1.807, 2.05) is 43.3 Å². The van der Waals surface area contributed by atoms with Crippen molar-refractivity contribution in [2.45, 2.75) is 26.7 Å². The Morgan fingerprint density at radius 1 is 0.900 bits per heavy atom. The number of anilines is 2. The molecule has 0 fully saturated rings. The molecule has 2 amide bonds. The van der Waals surface area contributed by atoms with Crippen LogP contribution in [0.1, 0.15) is 41.3 Å². The molecule has 3 rings (SSSR count). The van der Waals surface area contributed by atoms with Crippen LogP contribution in [0.4, 0.5) is 11.4 Å². The molecule has 3 aromatic carbocycles. The van der Waals surface area contributed by atoms with Crippen LogP contribution < -0.4 is 15.4 Å². The van der Waals surface area contributed by atoms with Crippen molar-refractivity contribution < 1.29 is 14.3 Å². The van der Waals surface area contributed by atoms with Gasteiger partial charge in [-0.1, -0.05) is 56.3 Å². The van der Waals surface area contributed by atoms with Gasteiger partial charge in [-0.3, -0.25) is 9.59 Å². The average molecular weight is 402 g/mol. The van der Waals surface area contributed by atoms with Crippen molar-refractivity contribution >= 4 is 23.2 Å². The number of para-hydroxylation sites is 1. The van der Waals surface area contributed by atoms with Crippen molar-refractivity contribution in [3.63, 3.8) is 0 Å². The summed E-state index contributed by atoms with van der Waals surface area (Å²) in [6, 6.07) is 22.0. The molecule has 0 unspecified atom stereocenters. The zero-order chi connectivity index (χ0) is 21.5. The van der Waals surface area contributed by atoms with E-state index in [0.29, 0.717) is 22.9 Å². The Bertz CT molecular complexity index is 1030. The highest BCUT2D eigenvalue weighted by molar-refractivity contribution is 6.04. The summed E-state index contributed by atoms with van der Waals surface area (Å²) in [6.45, 7) is 6.04. The number of carbonyl (C=O) groups excluding carboxylic acids is 2. The van der Waals surface area contributed by atoms with E-state index in [-0.39, 0.29) is 18.4 Å². The Labute approximate surface area is 177 Å². The molecule has 0 saturated carbocycles. The first-order valence-corrected chi connectivity index (χ1v) is 9.92. The van der Waals surface area contributed by atoms with Crippen LogP contribution >= 0.6 is 0 Å². The summed E-state index contributed by atoms with van der Waals surface area (Å²) in [6.07, 6.45) is 0. The highest BCUT2D eigenvalue weighted by Crippen LogP contribution is 2.27. The Hall–Kier alpha value is -3.60. The molecule has 0 aliphatic rings. The maximum absolute atomic E-state index is 12.5.